The topological polar surface area (TPSA) is 59.6 Å². The van der Waals surface area contributed by atoms with Gasteiger partial charge in [-0.25, -0.2) is 0 Å². The van der Waals surface area contributed by atoms with Crippen LogP contribution in [0.1, 0.15) is 19.3 Å². The van der Waals surface area contributed by atoms with E-state index in [1.807, 2.05) is 11.8 Å². The molecular formula is C14H18F3N3OS. The van der Waals surface area contributed by atoms with Gasteiger partial charge in [0.25, 0.3) is 0 Å². The number of hydrogen-bond donors (Lipinski definition) is 2. The van der Waals surface area contributed by atoms with Gasteiger partial charge in [0.15, 0.2) is 11.7 Å². The van der Waals surface area contributed by atoms with E-state index in [9.17, 15) is 13.2 Å². The molecule has 8 heteroatoms. The van der Waals surface area contributed by atoms with Gasteiger partial charge < -0.3 is 15.8 Å². The van der Waals surface area contributed by atoms with Crippen LogP contribution in [0.2, 0.25) is 0 Å². The highest BCUT2D eigenvalue weighted by atomic mass is 32.2. The van der Waals surface area contributed by atoms with Gasteiger partial charge in [-0.15, -0.1) is 13.2 Å². The summed E-state index contributed by atoms with van der Waals surface area (Å²) in [6.45, 7) is 0.561. The first-order chi connectivity index (χ1) is 10.4. The van der Waals surface area contributed by atoms with Crippen molar-refractivity contribution in [2.75, 3.05) is 17.6 Å². The van der Waals surface area contributed by atoms with Crippen LogP contribution in [0, 0.1) is 0 Å². The number of rotatable bonds is 4. The smallest absolute Gasteiger partial charge is 0.404 e. The predicted octanol–water partition coefficient (Wildman–Crippen LogP) is 3.60. The number of thioether (sulfide) groups is 1. The number of guanidine groups is 1. The molecule has 2 rings (SSSR count). The number of ether oxygens (including phenoxy) is 1. The maximum absolute atomic E-state index is 12.3. The lowest BCUT2D eigenvalue weighted by atomic mass is 10.2. The van der Waals surface area contributed by atoms with Crippen LogP contribution in [0.4, 0.5) is 18.9 Å². The third-order valence-corrected chi connectivity index (χ3v) is 4.50. The van der Waals surface area contributed by atoms with Crippen LogP contribution in [0.25, 0.3) is 0 Å². The molecule has 0 aliphatic carbocycles. The lowest BCUT2D eigenvalue weighted by Gasteiger charge is -2.19. The molecule has 0 radical (unpaired) electrons. The van der Waals surface area contributed by atoms with E-state index in [0.717, 1.165) is 12.2 Å². The highest BCUT2D eigenvalue weighted by Gasteiger charge is 2.32. The van der Waals surface area contributed by atoms with E-state index >= 15 is 0 Å². The molecular weight excluding hydrogens is 315 g/mol. The fourth-order valence-corrected chi connectivity index (χ4v) is 3.33. The molecule has 3 N–H and O–H groups in total. The Morgan fingerprint density at radius 2 is 2.14 bits per heavy atom. The largest absolute Gasteiger partial charge is 0.573 e. The summed E-state index contributed by atoms with van der Waals surface area (Å²) < 4.78 is 41.0. The number of para-hydroxylation sites is 2. The zero-order valence-electron chi connectivity index (χ0n) is 11.9. The average Bonchev–Trinajstić information content (AvgIpc) is 2.47. The molecule has 4 nitrogen and oxygen atoms in total. The first-order valence-corrected chi connectivity index (χ1v) is 8.02. The molecule has 1 heterocycles. The zero-order valence-corrected chi connectivity index (χ0v) is 12.7. The molecule has 122 valence electrons. The van der Waals surface area contributed by atoms with Gasteiger partial charge in [-0.2, -0.15) is 11.8 Å². The van der Waals surface area contributed by atoms with Gasteiger partial charge in [-0.3, -0.25) is 4.99 Å². The van der Waals surface area contributed by atoms with E-state index in [4.69, 9.17) is 5.73 Å². The fraction of sp³-hybridized carbons (Fsp3) is 0.500. The Hall–Kier alpha value is -1.57. The second kappa shape index (κ2) is 7.62. The Kier molecular flexibility index (Phi) is 5.82. The van der Waals surface area contributed by atoms with Gasteiger partial charge in [0, 0.05) is 5.25 Å². The molecule has 1 aromatic rings. The van der Waals surface area contributed by atoms with Gasteiger partial charge in [-0.1, -0.05) is 18.6 Å². The molecule has 0 aromatic heterocycles. The van der Waals surface area contributed by atoms with Crippen molar-refractivity contribution in [2.45, 2.75) is 30.9 Å². The first-order valence-electron chi connectivity index (χ1n) is 6.97. The Labute approximate surface area is 131 Å². The maximum atomic E-state index is 12.3. The second-order valence-corrected chi connectivity index (χ2v) is 6.29. The predicted molar refractivity (Wildman–Crippen MR) is 83.3 cm³/mol. The van der Waals surface area contributed by atoms with E-state index < -0.39 is 6.36 Å². The monoisotopic (exact) mass is 333 g/mol. The van der Waals surface area contributed by atoms with Crippen LogP contribution in [-0.4, -0.2) is 29.9 Å². The number of aliphatic imine (C=N–C) groups is 1. The summed E-state index contributed by atoms with van der Waals surface area (Å²) in [7, 11) is 0. The number of anilines is 1. The lowest BCUT2D eigenvalue weighted by molar-refractivity contribution is -0.274. The standard InChI is InChI=1S/C14H18F3N3OS/c15-14(16,17)21-12-7-2-1-6-11(12)20-13(18)19-9-10-5-3-4-8-22-10/h1-2,6-7,10H,3-5,8-9H2,(H3,18,19,20). The summed E-state index contributed by atoms with van der Waals surface area (Å²) in [5, 5.41) is 3.09. The summed E-state index contributed by atoms with van der Waals surface area (Å²) in [5.41, 5.74) is 5.88. The molecule has 1 aromatic carbocycles. The minimum absolute atomic E-state index is 0.0874. The van der Waals surface area contributed by atoms with Crippen LogP contribution in [0.3, 0.4) is 0 Å². The molecule has 1 unspecified atom stereocenters. The summed E-state index contributed by atoms with van der Waals surface area (Å²) in [6.07, 6.45) is -1.25. The van der Waals surface area contributed by atoms with Crippen molar-refractivity contribution in [3.8, 4) is 5.75 Å². The van der Waals surface area contributed by atoms with Crippen molar-refractivity contribution >= 4 is 23.4 Å². The van der Waals surface area contributed by atoms with Crippen molar-refractivity contribution < 1.29 is 17.9 Å². The summed E-state index contributed by atoms with van der Waals surface area (Å²) >= 11 is 1.86. The number of hydrogen-bond acceptors (Lipinski definition) is 3. The Morgan fingerprint density at radius 3 is 2.82 bits per heavy atom. The number of nitrogens with two attached hydrogens (primary N) is 1. The van der Waals surface area contributed by atoms with E-state index in [1.54, 1.807) is 6.07 Å². The molecule has 1 aliphatic heterocycles. The molecule has 0 saturated carbocycles. The van der Waals surface area contributed by atoms with Crippen molar-refractivity contribution in [1.29, 1.82) is 0 Å². The highest BCUT2D eigenvalue weighted by molar-refractivity contribution is 7.99. The molecule has 0 bridgehead atoms. The van der Waals surface area contributed by atoms with E-state index in [1.165, 1.54) is 31.0 Å². The van der Waals surface area contributed by atoms with Gasteiger partial charge in [-0.05, 0) is 30.7 Å². The lowest BCUT2D eigenvalue weighted by Crippen LogP contribution is -2.26. The Bertz CT molecular complexity index is 516. The minimum Gasteiger partial charge on any atom is -0.404 e. The van der Waals surface area contributed by atoms with Gasteiger partial charge in [0.2, 0.25) is 0 Å². The number of alkyl halides is 3. The minimum atomic E-state index is -4.75. The Morgan fingerprint density at radius 1 is 1.36 bits per heavy atom. The summed E-state index contributed by atoms with van der Waals surface area (Å²) in [6, 6.07) is 5.73. The number of benzene rings is 1. The molecule has 1 aliphatic rings. The van der Waals surface area contributed by atoms with Crippen LogP contribution in [0.5, 0.6) is 5.75 Å². The van der Waals surface area contributed by atoms with Crippen LogP contribution in [-0.2, 0) is 0 Å². The zero-order chi connectivity index (χ0) is 16.0. The SMILES string of the molecule is NC(=NCC1CCCCS1)Nc1ccccc1OC(F)(F)F. The molecule has 1 atom stereocenters. The van der Waals surface area contributed by atoms with Crippen molar-refractivity contribution in [2.24, 2.45) is 10.7 Å². The van der Waals surface area contributed by atoms with E-state index in [2.05, 4.69) is 15.0 Å². The summed E-state index contributed by atoms with van der Waals surface area (Å²) in [4.78, 5) is 4.21. The maximum Gasteiger partial charge on any atom is 0.573 e. The van der Waals surface area contributed by atoms with Crippen LogP contribution >= 0.6 is 11.8 Å². The molecule has 1 fully saturated rings. The van der Waals surface area contributed by atoms with Gasteiger partial charge >= 0.3 is 6.36 Å². The van der Waals surface area contributed by atoms with Crippen molar-refractivity contribution in [3.05, 3.63) is 24.3 Å². The van der Waals surface area contributed by atoms with Crippen LogP contribution in [0.15, 0.2) is 29.3 Å². The van der Waals surface area contributed by atoms with Gasteiger partial charge in [0.1, 0.15) is 0 Å². The molecule has 0 spiro atoms. The van der Waals surface area contributed by atoms with Crippen molar-refractivity contribution in [3.63, 3.8) is 0 Å². The molecule has 22 heavy (non-hydrogen) atoms. The Balaban J connectivity index is 1.97. The average molecular weight is 333 g/mol. The first kappa shape index (κ1) is 16.8. The highest BCUT2D eigenvalue weighted by Crippen LogP contribution is 2.30. The van der Waals surface area contributed by atoms with E-state index in [0.29, 0.717) is 11.8 Å². The van der Waals surface area contributed by atoms with Crippen molar-refractivity contribution in [1.82, 2.24) is 0 Å². The molecule has 0 amide bonds. The third-order valence-electron chi connectivity index (χ3n) is 3.11. The summed E-state index contributed by atoms with van der Waals surface area (Å²) in [5.74, 6) is 0.875. The molecule has 1 saturated heterocycles. The van der Waals surface area contributed by atoms with E-state index in [-0.39, 0.29) is 17.4 Å². The van der Waals surface area contributed by atoms with Crippen LogP contribution < -0.4 is 15.8 Å². The quantitative estimate of drug-likeness (QED) is 0.653. The normalized spacial score (nSPS) is 19.8. The number of halogens is 3. The van der Waals surface area contributed by atoms with Gasteiger partial charge in [0.05, 0.1) is 12.2 Å². The number of nitrogens with one attached hydrogen (secondary N) is 1. The second-order valence-electron chi connectivity index (χ2n) is 4.88. The fourth-order valence-electron chi connectivity index (χ4n) is 2.11. The third kappa shape index (κ3) is 5.67. The number of nitrogens with zero attached hydrogens (tertiary/aromatic N) is 1.